The molecule has 2 aliphatic heterocycles. The van der Waals surface area contributed by atoms with Gasteiger partial charge in [-0.3, -0.25) is 0 Å². The maximum atomic E-state index is 6.27. The summed E-state index contributed by atoms with van der Waals surface area (Å²) >= 11 is 6.11. The molecule has 0 aromatic heterocycles. The first-order valence-electron chi connectivity index (χ1n) is 7.02. The number of fused-ring (bicyclic) bond motifs is 1. The van der Waals surface area contributed by atoms with E-state index in [2.05, 4.69) is 12.2 Å². The van der Waals surface area contributed by atoms with E-state index in [1.807, 2.05) is 18.2 Å². The molecule has 4 heteroatoms. The lowest BCUT2D eigenvalue weighted by atomic mass is 9.83. The zero-order chi connectivity index (χ0) is 13.3. The molecular formula is C15H20ClNO2. The van der Waals surface area contributed by atoms with Gasteiger partial charge < -0.3 is 14.8 Å². The van der Waals surface area contributed by atoms with Crippen molar-refractivity contribution in [2.45, 2.75) is 37.8 Å². The summed E-state index contributed by atoms with van der Waals surface area (Å²) in [7, 11) is 0. The van der Waals surface area contributed by atoms with Gasteiger partial charge in [0.2, 0.25) is 0 Å². The van der Waals surface area contributed by atoms with Crippen LogP contribution < -0.4 is 10.1 Å². The van der Waals surface area contributed by atoms with Gasteiger partial charge in [0, 0.05) is 29.7 Å². The number of halogens is 1. The average Bonchev–Trinajstić information content (AvgIpc) is 2.41. The first-order chi connectivity index (χ1) is 9.22. The van der Waals surface area contributed by atoms with Gasteiger partial charge in [-0.15, -0.1) is 0 Å². The summed E-state index contributed by atoms with van der Waals surface area (Å²) in [5, 5.41) is 4.31. The Morgan fingerprint density at radius 1 is 1.47 bits per heavy atom. The molecular weight excluding hydrogens is 262 g/mol. The van der Waals surface area contributed by atoms with Crippen LogP contribution in [-0.4, -0.2) is 25.4 Å². The van der Waals surface area contributed by atoms with E-state index in [0.29, 0.717) is 12.6 Å². The lowest BCUT2D eigenvalue weighted by Gasteiger charge is -2.44. The standard InChI is InChI=1S/C15H20ClNO2/c1-2-17-13-9-15(6-3-7-18-10-15)19-14-5-4-11(16)8-12(13)14/h4-5,8,13,17H,2-3,6-7,9-10H2,1H3. The van der Waals surface area contributed by atoms with E-state index in [4.69, 9.17) is 21.1 Å². The van der Waals surface area contributed by atoms with Crippen molar-refractivity contribution in [3.05, 3.63) is 28.8 Å². The summed E-state index contributed by atoms with van der Waals surface area (Å²) in [5.74, 6) is 0.951. The van der Waals surface area contributed by atoms with Crippen LogP contribution in [-0.2, 0) is 4.74 Å². The molecule has 3 nitrogen and oxygen atoms in total. The van der Waals surface area contributed by atoms with Gasteiger partial charge in [-0.1, -0.05) is 18.5 Å². The van der Waals surface area contributed by atoms with Crippen molar-refractivity contribution in [1.29, 1.82) is 0 Å². The summed E-state index contributed by atoms with van der Waals surface area (Å²) in [4.78, 5) is 0. The number of benzene rings is 1. The topological polar surface area (TPSA) is 30.5 Å². The molecule has 1 aromatic carbocycles. The van der Waals surface area contributed by atoms with Crippen LogP contribution in [0.3, 0.4) is 0 Å². The van der Waals surface area contributed by atoms with Gasteiger partial charge in [0.15, 0.2) is 0 Å². The smallest absolute Gasteiger partial charge is 0.134 e. The maximum absolute atomic E-state index is 6.27. The molecule has 2 heterocycles. The van der Waals surface area contributed by atoms with Gasteiger partial charge >= 0.3 is 0 Å². The predicted molar refractivity (Wildman–Crippen MR) is 75.9 cm³/mol. The number of hydrogen-bond acceptors (Lipinski definition) is 3. The minimum atomic E-state index is -0.161. The minimum absolute atomic E-state index is 0.161. The summed E-state index contributed by atoms with van der Waals surface area (Å²) in [6, 6.07) is 6.19. The number of ether oxygens (including phenoxy) is 2. The monoisotopic (exact) mass is 281 g/mol. The van der Waals surface area contributed by atoms with E-state index < -0.39 is 0 Å². The van der Waals surface area contributed by atoms with E-state index in [1.54, 1.807) is 0 Å². The Bertz CT molecular complexity index is 457. The number of nitrogens with one attached hydrogen (secondary N) is 1. The van der Waals surface area contributed by atoms with E-state index in [1.165, 1.54) is 5.56 Å². The van der Waals surface area contributed by atoms with Gasteiger partial charge in [-0.2, -0.15) is 0 Å². The molecule has 2 unspecified atom stereocenters. The van der Waals surface area contributed by atoms with Gasteiger partial charge in [-0.25, -0.2) is 0 Å². The second-order valence-corrected chi connectivity index (χ2v) is 5.87. The van der Waals surface area contributed by atoms with Crippen molar-refractivity contribution in [3.63, 3.8) is 0 Å². The molecule has 1 spiro atoms. The van der Waals surface area contributed by atoms with E-state index in [0.717, 1.165) is 43.2 Å². The molecule has 0 bridgehead atoms. The Kier molecular flexibility index (Phi) is 3.70. The third kappa shape index (κ3) is 2.60. The lowest BCUT2D eigenvalue weighted by molar-refractivity contribution is -0.0854. The van der Waals surface area contributed by atoms with Crippen molar-refractivity contribution in [1.82, 2.24) is 5.32 Å². The van der Waals surface area contributed by atoms with E-state index >= 15 is 0 Å². The van der Waals surface area contributed by atoms with Crippen LogP contribution in [0.1, 0.15) is 37.8 Å². The molecule has 2 atom stereocenters. The highest BCUT2D eigenvalue weighted by molar-refractivity contribution is 6.30. The zero-order valence-electron chi connectivity index (χ0n) is 11.2. The van der Waals surface area contributed by atoms with Crippen molar-refractivity contribution >= 4 is 11.6 Å². The average molecular weight is 282 g/mol. The van der Waals surface area contributed by atoms with Crippen LogP contribution in [0.2, 0.25) is 5.02 Å². The first-order valence-corrected chi connectivity index (χ1v) is 7.40. The molecule has 1 fully saturated rings. The fourth-order valence-corrected chi connectivity index (χ4v) is 3.32. The number of hydrogen-bond donors (Lipinski definition) is 1. The largest absolute Gasteiger partial charge is 0.484 e. The lowest BCUT2D eigenvalue weighted by Crippen LogP contribution is -2.49. The quantitative estimate of drug-likeness (QED) is 0.902. The summed E-state index contributed by atoms with van der Waals surface area (Å²) in [5.41, 5.74) is 1.01. The van der Waals surface area contributed by atoms with Gasteiger partial charge in [-0.05, 0) is 37.6 Å². The van der Waals surface area contributed by atoms with Crippen LogP contribution in [0.5, 0.6) is 5.75 Å². The SMILES string of the molecule is CCNC1CC2(CCCOC2)Oc2ccc(Cl)cc21. The van der Waals surface area contributed by atoms with Crippen molar-refractivity contribution < 1.29 is 9.47 Å². The molecule has 3 rings (SSSR count). The Morgan fingerprint density at radius 3 is 3.11 bits per heavy atom. The Hall–Kier alpha value is -0.770. The fraction of sp³-hybridized carbons (Fsp3) is 0.600. The first kappa shape index (κ1) is 13.2. The van der Waals surface area contributed by atoms with Gasteiger partial charge in [0.25, 0.3) is 0 Å². The molecule has 0 amide bonds. The van der Waals surface area contributed by atoms with Crippen molar-refractivity contribution in [2.24, 2.45) is 0 Å². The Morgan fingerprint density at radius 2 is 2.37 bits per heavy atom. The molecule has 19 heavy (non-hydrogen) atoms. The fourth-order valence-electron chi connectivity index (χ4n) is 3.14. The third-order valence-electron chi connectivity index (χ3n) is 3.99. The molecule has 2 aliphatic rings. The highest BCUT2D eigenvalue weighted by atomic mass is 35.5. The summed E-state index contributed by atoms with van der Waals surface area (Å²) in [6.45, 7) is 4.61. The van der Waals surface area contributed by atoms with Crippen LogP contribution in [0.4, 0.5) is 0 Å². The van der Waals surface area contributed by atoms with Crippen LogP contribution >= 0.6 is 11.6 Å². The molecule has 1 N–H and O–H groups in total. The highest BCUT2D eigenvalue weighted by Crippen LogP contribution is 2.43. The zero-order valence-corrected chi connectivity index (χ0v) is 12.0. The number of rotatable bonds is 2. The molecule has 1 aromatic rings. The van der Waals surface area contributed by atoms with Gasteiger partial charge in [0.1, 0.15) is 11.4 Å². The molecule has 0 saturated carbocycles. The Balaban J connectivity index is 1.94. The Labute approximate surface area is 119 Å². The second-order valence-electron chi connectivity index (χ2n) is 5.44. The molecule has 0 radical (unpaired) electrons. The van der Waals surface area contributed by atoms with Crippen LogP contribution in [0.25, 0.3) is 0 Å². The van der Waals surface area contributed by atoms with Crippen molar-refractivity contribution in [2.75, 3.05) is 19.8 Å². The van der Waals surface area contributed by atoms with E-state index in [-0.39, 0.29) is 5.60 Å². The molecule has 0 aliphatic carbocycles. The van der Waals surface area contributed by atoms with E-state index in [9.17, 15) is 0 Å². The van der Waals surface area contributed by atoms with Crippen molar-refractivity contribution in [3.8, 4) is 5.75 Å². The molecule has 1 saturated heterocycles. The third-order valence-corrected chi connectivity index (χ3v) is 4.22. The maximum Gasteiger partial charge on any atom is 0.134 e. The summed E-state index contributed by atoms with van der Waals surface area (Å²) in [6.07, 6.45) is 3.09. The second kappa shape index (κ2) is 5.31. The van der Waals surface area contributed by atoms with Crippen LogP contribution in [0.15, 0.2) is 18.2 Å². The minimum Gasteiger partial charge on any atom is -0.484 e. The normalized spacial score (nSPS) is 29.9. The highest BCUT2D eigenvalue weighted by Gasteiger charge is 2.42. The van der Waals surface area contributed by atoms with Crippen LogP contribution in [0, 0.1) is 0 Å². The molecule has 104 valence electrons. The predicted octanol–water partition coefficient (Wildman–Crippen LogP) is 3.32. The summed E-state index contributed by atoms with van der Waals surface area (Å²) < 4.78 is 11.9. The van der Waals surface area contributed by atoms with Gasteiger partial charge in [0.05, 0.1) is 6.61 Å².